The second-order valence-electron chi connectivity index (χ2n) is 6.54. The van der Waals surface area contributed by atoms with Gasteiger partial charge in [0.2, 0.25) is 0 Å². The fourth-order valence-corrected chi connectivity index (χ4v) is 4.97. The number of nitrogens with zero attached hydrogens (tertiary/aromatic N) is 2. The molecule has 0 aliphatic carbocycles. The lowest BCUT2D eigenvalue weighted by Gasteiger charge is -2.10. The maximum atomic E-state index is 13.0. The third-order valence-corrected chi connectivity index (χ3v) is 6.67. The highest BCUT2D eigenvalue weighted by Gasteiger charge is 2.18. The standard InChI is InChI=1S/C22H21Cl3N2O2S/c1-4-6-19-20(13-7-9-16(24)17(25)11-13)27(5-2)22(30-19)26-21(28)15-12-14(23)8-10-18(15)29-3/h7-12H,4-6H2,1-3H3. The molecule has 4 nitrogen and oxygen atoms in total. The number of ether oxygens (including phenoxy) is 1. The van der Waals surface area contributed by atoms with E-state index in [-0.39, 0.29) is 0 Å². The Morgan fingerprint density at radius 1 is 1.10 bits per heavy atom. The third-order valence-electron chi connectivity index (χ3n) is 4.55. The van der Waals surface area contributed by atoms with Gasteiger partial charge in [-0.05, 0) is 43.7 Å². The van der Waals surface area contributed by atoms with E-state index >= 15 is 0 Å². The van der Waals surface area contributed by atoms with Gasteiger partial charge in [-0.1, -0.05) is 54.2 Å². The van der Waals surface area contributed by atoms with Gasteiger partial charge in [0.25, 0.3) is 5.91 Å². The van der Waals surface area contributed by atoms with Crippen LogP contribution in [0.2, 0.25) is 15.1 Å². The summed E-state index contributed by atoms with van der Waals surface area (Å²) in [7, 11) is 1.51. The van der Waals surface area contributed by atoms with Gasteiger partial charge in [-0.15, -0.1) is 11.3 Å². The number of aryl methyl sites for hydroxylation is 1. The van der Waals surface area contributed by atoms with E-state index in [1.807, 2.05) is 23.6 Å². The van der Waals surface area contributed by atoms with E-state index in [9.17, 15) is 4.79 Å². The average molecular weight is 484 g/mol. The monoisotopic (exact) mass is 482 g/mol. The van der Waals surface area contributed by atoms with Gasteiger partial charge in [-0.3, -0.25) is 4.79 Å². The van der Waals surface area contributed by atoms with E-state index in [1.54, 1.807) is 24.3 Å². The van der Waals surface area contributed by atoms with Gasteiger partial charge in [0.15, 0.2) is 4.80 Å². The highest BCUT2D eigenvalue weighted by atomic mass is 35.5. The molecule has 0 spiro atoms. The summed E-state index contributed by atoms with van der Waals surface area (Å²) in [5, 5.41) is 1.44. The van der Waals surface area contributed by atoms with Crippen LogP contribution in [0.1, 0.15) is 35.5 Å². The van der Waals surface area contributed by atoms with Crippen LogP contribution in [-0.4, -0.2) is 17.6 Å². The lowest BCUT2D eigenvalue weighted by molar-refractivity contribution is 0.0995. The van der Waals surface area contributed by atoms with Crippen LogP contribution >= 0.6 is 46.1 Å². The first kappa shape index (κ1) is 22.9. The summed E-state index contributed by atoms with van der Waals surface area (Å²) in [4.78, 5) is 19.2. The van der Waals surface area contributed by atoms with Crippen molar-refractivity contribution < 1.29 is 9.53 Å². The molecule has 1 heterocycles. The van der Waals surface area contributed by atoms with Crippen LogP contribution in [0.4, 0.5) is 0 Å². The van der Waals surface area contributed by atoms with E-state index in [0.717, 1.165) is 29.0 Å². The predicted molar refractivity (Wildman–Crippen MR) is 125 cm³/mol. The molecular weight excluding hydrogens is 463 g/mol. The average Bonchev–Trinajstić information content (AvgIpc) is 3.07. The molecule has 158 valence electrons. The van der Waals surface area contributed by atoms with Crippen LogP contribution in [0.25, 0.3) is 11.3 Å². The van der Waals surface area contributed by atoms with Crippen LogP contribution in [0, 0.1) is 0 Å². The van der Waals surface area contributed by atoms with Gasteiger partial charge in [-0.2, -0.15) is 4.99 Å². The zero-order valence-corrected chi connectivity index (χ0v) is 19.9. The number of carbonyl (C=O) groups is 1. The van der Waals surface area contributed by atoms with Gasteiger partial charge in [-0.25, -0.2) is 0 Å². The van der Waals surface area contributed by atoms with Crippen molar-refractivity contribution in [3.8, 4) is 17.0 Å². The fourth-order valence-electron chi connectivity index (χ4n) is 3.19. The summed E-state index contributed by atoms with van der Waals surface area (Å²) < 4.78 is 7.34. The van der Waals surface area contributed by atoms with Gasteiger partial charge < -0.3 is 9.30 Å². The van der Waals surface area contributed by atoms with Gasteiger partial charge in [0.05, 0.1) is 28.4 Å². The van der Waals surface area contributed by atoms with Gasteiger partial charge >= 0.3 is 0 Å². The highest BCUT2D eigenvalue weighted by molar-refractivity contribution is 7.09. The summed E-state index contributed by atoms with van der Waals surface area (Å²) in [6, 6.07) is 10.5. The zero-order chi connectivity index (χ0) is 21.8. The highest BCUT2D eigenvalue weighted by Crippen LogP contribution is 2.32. The molecule has 0 saturated carbocycles. The molecule has 3 aromatic rings. The quantitative estimate of drug-likeness (QED) is 0.383. The van der Waals surface area contributed by atoms with Crippen LogP contribution in [-0.2, 0) is 13.0 Å². The van der Waals surface area contributed by atoms with E-state index in [2.05, 4.69) is 11.9 Å². The number of carbonyl (C=O) groups excluding carboxylic acids is 1. The second kappa shape index (κ2) is 10.0. The van der Waals surface area contributed by atoms with E-state index in [4.69, 9.17) is 39.5 Å². The number of hydrogen-bond acceptors (Lipinski definition) is 3. The Kier molecular flexibility index (Phi) is 7.64. The SMILES string of the molecule is CCCc1sc(=NC(=O)c2cc(Cl)ccc2OC)n(CC)c1-c1ccc(Cl)c(Cl)c1. The molecule has 3 rings (SSSR count). The molecule has 0 radical (unpaired) electrons. The topological polar surface area (TPSA) is 43.6 Å². The number of rotatable bonds is 6. The Balaban J connectivity index is 2.19. The fraction of sp³-hybridized carbons (Fsp3) is 0.273. The number of halogens is 3. The van der Waals surface area contributed by atoms with Crippen LogP contribution in [0.3, 0.4) is 0 Å². The van der Waals surface area contributed by atoms with Crippen molar-refractivity contribution in [1.82, 2.24) is 4.57 Å². The minimum absolute atomic E-state index is 0.328. The molecule has 8 heteroatoms. The van der Waals surface area contributed by atoms with Crippen molar-refractivity contribution >= 4 is 52.0 Å². The van der Waals surface area contributed by atoms with Crippen molar-refractivity contribution in [2.45, 2.75) is 33.2 Å². The number of methoxy groups -OCH3 is 1. The first-order chi connectivity index (χ1) is 14.4. The zero-order valence-electron chi connectivity index (χ0n) is 16.8. The molecule has 1 aromatic heterocycles. The number of thiazole rings is 1. The van der Waals surface area contributed by atoms with Gasteiger partial charge in [0, 0.05) is 22.0 Å². The van der Waals surface area contributed by atoms with Crippen molar-refractivity contribution in [3.05, 3.63) is 66.7 Å². The molecule has 0 aliphatic heterocycles. The molecule has 30 heavy (non-hydrogen) atoms. The van der Waals surface area contributed by atoms with E-state index in [1.165, 1.54) is 18.4 Å². The molecule has 0 unspecified atom stereocenters. The number of hydrogen-bond donors (Lipinski definition) is 0. The Hall–Kier alpha value is -1.79. The third kappa shape index (κ3) is 4.75. The normalized spacial score (nSPS) is 11.7. The lowest BCUT2D eigenvalue weighted by atomic mass is 10.1. The summed E-state index contributed by atoms with van der Waals surface area (Å²) in [6.07, 6.45) is 1.83. The molecule has 0 bridgehead atoms. The minimum Gasteiger partial charge on any atom is -0.496 e. The maximum absolute atomic E-state index is 13.0. The second-order valence-corrected chi connectivity index (χ2v) is 8.85. The summed E-state index contributed by atoms with van der Waals surface area (Å²) >= 11 is 20.0. The van der Waals surface area contributed by atoms with Crippen molar-refractivity contribution in [2.24, 2.45) is 4.99 Å². The van der Waals surface area contributed by atoms with E-state index in [0.29, 0.717) is 37.7 Å². The number of benzene rings is 2. The van der Waals surface area contributed by atoms with E-state index < -0.39 is 5.91 Å². The molecular formula is C22H21Cl3N2O2S. The molecule has 0 saturated heterocycles. The van der Waals surface area contributed by atoms with Crippen molar-refractivity contribution in [1.29, 1.82) is 0 Å². The smallest absolute Gasteiger partial charge is 0.283 e. The Morgan fingerprint density at radius 2 is 1.87 bits per heavy atom. The molecule has 0 fully saturated rings. The largest absolute Gasteiger partial charge is 0.496 e. The van der Waals surface area contributed by atoms with Crippen molar-refractivity contribution in [2.75, 3.05) is 7.11 Å². The van der Waals surface area contributed by atoms with Crippen molar-refractivity contribution in [3.63, 3.8) is 0 Å². The molecule has 2 aromatic carbocycles. The Bertz CT molecular complexity index is 1150. The molecule has 0 atom stereocenters. The molecule has 0 aliphatic rings. The molecule has 1 amide bonds. The first-order valence-electron chi connectivity index (χ1n) is 9.50. The molecule has 0 N–H and O–H groups in total. The van der Waals surface area contributed by atoms with Gasteiger partial charge in [0.1, 0.15) is 5.75 Å². The first-order valence-corrected chi connectivity index (χ1v) is 11.4. The number of amides is 1. The van der Waals surface area contributed by atoms with Crippen LogP contribution < -0.4 is 9.54 Å². The number of aromatic nitrogens is 1. The Morgan fingerprint density at radius 3 is 2.50 bits per heavy atom. The minimum atomic E-state index is -0.401. The lowest BCUT2D eigenvalue weighted by Crippen LogP contribution is -2.17. The maximum Gasteiger partial charge on any atom is 0.283 e. The predicted octanol–water partition coefficient (Wildman–Crippen LogP) is 6.90. The Labute approximate surface area is 194 Å². The summed E-state index contributed by atoms with van der Waals surface area (Å²) in [5.74, 6) is 0.0350. The van der Waals surface area contributed by atoms with Crippen LogP contribution in [0.5, 0.6) is 5.75 Å². The summed E-state index contributed by atoms with van der Waals surface area (Å²) in [5.41, 5.74) is 2.28. The summed E-state index contributed by atoms with van der Waals surface area (Å²) in [6.45, 7) is 4.79. The van der Waals surface area contributed by atoms with Crippen LogP contribution in [0.15, 0.2) is 41.4 Å².